The molecule has 0 spiro atoms. The third kappa shape index (κ3) is 7.72. The van der Waals surface area contributed by atoms with E-state index in [4.69, 9.17) is 0 Å². The lowest BCUT2D eigenvalue weighted by atomic mass is 10.0. The van der Waals surface area contributed by atoms with Crippen LogP contribution in [0.3, 0.4) is 0 Å². The van der Waals surface area contributed by atoms with Gasteiger partial charge < -0.3 is 25.1 Å². The Morgan fingerprint density at radius 2 is 1.66 bits per heavy atom. The minimum atomic E-state index is -0.0533. The van der Waals surface area contributed by atoms with E-state index in [0.29, 0.717) is 11.8 Å². The molecule has 1 atom stereocenters. The Morgan fingerprint density at radius 1 is 0.875 bits per heavy atom. The van der Waals surface area contributed by atoms with E-state index >= 15 is 0 Å². The van der Waals surface area contributed by atoms with Crippen molar-refractivity contribution in [3.8, 4) is 17.2 Å². The second-order valence-corrected chi connectivity index (χ2v) is 9.18. The van der Waals surface area contributed by atoms with Crippen molar-refractivity contribution in [2.45, 2.75) is 64.3 Å². The first kappa shape index (κ1) is 24.4. The van der Waals surface area contributed by atoms with Gasteiger partial charge in [0, 0.05) is 12.6 Å². The van der Waals surface area contributed by atoms with Gasteiger partial charge >= 0.3 is 0 Å². The van der Waals surface area contributed by atoms with Crippen LogP contribution in [0.15, 0.2) is 42.5 Å². The molecule has 5 nitrogen and oxygen atoms in total. The van der Waals surface area contributed by atoms with Crippen LogP contribution >= 0.6 is 0 Å². The van der Waals surface area contributed by atoms with Crippen LogP contribution in [0, 0.1) is 0 Å². The fraction of sp³-hybridized carbons (Fsp3) is 0.556. The monoisotopic (exact) mass is 440 g/mol. The summed E-state index contributed by atoms with van der Waals surface area (Å²) >= 11 is 0. The SMILES string of the molecule is CCCN(CCCCCN1CCCC1Cc1ccc(O)cc1)CCc1ccc(O)c(O)c1. The molecule has 2 aromatic rings. The van der Waals surface area contributed by atoms with Gasteiger partial charge in [0.05, 0.1) is 0 Å². The second-order valence-electron chi connectivity index (χ2n) is 9.18. The van der Waals surface area contributed by atoms with Crippen molar-refractivity contribution in [3.63, 3.8) is 0 Å². The zero-order valence-electron chi connectivity index (χ0n) is 19.5. The first-order chi connectivity index (χ1) is 15.5. The molecule has 2 aromatic carbocycles. The highest BCUT2D eigenvalue weighted by Crippen LogP contribution is 2.25. The molecule has 1 heterocycles. The van der Waals surface area contributed by atoms with Gasteiger partial charge in [-0.05, 0) is 107 Å². The minimum Gasteiger partial charge on any atom is -0.508 e. The molecule has 1 aliphatic rings. The summed E-state index contributed by atoms with van der Waals surface area (Å²) in [6.45, 7) is 7.83. The van der Waals surface area contributed by atoms with E-state index < -0.39 is 0 Å². The van der Waals surface area contributed by atoms with Crippen LogP contribution in [0.4, 0.5) is 0 Å². The van der Waals surface area contributed by atoms with Gasteiger partial charge in [-0.25, -0.2) is 0 Å². The molecule has 0 bridgehead atoms. The summed E-state index contributed by atoms with van der Waals surface area (Å²) < 4.78 is 0. The third-order valence-electron chi connectivity index (χ3n) is 6.62. The molecule has 0 amide bonds. The molecule has 0 aromatic heterocycles. The van der Waals surface area contributed by atoms with Gasteiger partial charge in [-0.1, -0.05) is 31.5 Å². The average molecular weight is 441 g/mol. The normalized spacial score (nSPS) is 16.8. The number of likely N-dealkylation sites (tertiary alicyclic amines) is 1. The Hall–Kier alpha value is -2.24. The van der Waals surface area contributed by atoms with E-state index in [2.05, 4.69) is 16.7 Å². The number of hydrogen-bond donors (Lipinski definition) is 3. The summed E-state index contributed by atoms with van der Waals surface area (Å²) in [7, 11) is 0. The van der Waals surface area contributed by atoms with Crippen LogP contribution < -0.4 is 0 Å². The molecule has 32 heavy (non-hydrogen) atoms. The number of phenolic OH excluding ortho intramolecular Hbond substituents is 3. The van der Waals surface area contributed by atoms with Crippen molar-refractivity contribution < 1.29 is 15.3 Å². The first-order valence-electron chi connectivity index (χ1n) is 12.3. The summed E-state index contributed by atoms with van der Waals surface area (Å²) in [6, 6.07) is 13.5. The first-order valence-corrected chi connectivity index (χ1v) is 12.3. The molecule has 0 aliphatic carbocycles. The molecule has 3 N–H and O–H groups in total. The standard InChI is InChI=1S/C27H40N2O3/c1-2-15-28(19-14-23-10-13-26(31)27(32)21-23)16-4-3-5-17-29-18-6-7-24(29)20-22-8-11-25(30)12-9-22/h8-13,21,24,30-32H,2-7,14-20H2,1H3. The van der Waals surface area contributed by atoms with Crippen molar-refractivity contribution in [1.82, 2.24) is 9.80 Å². The van der Waals surface area contributed by atoms with Crippen LogP contribution in [0.1, 0.15) is 56.6 Å². The maximum Gasteiger partial charge on any atom is 0.157 e. The maximum absolute atomic E-state index is 9.69. The average Bonchev–Trinajstić information content (AvgIpc) is 3.22. The maximum atomic E-state index is 9.69. The molecule has 0 saturated carbocycles. The lowest BCUT2D eigenvalue weighted by molar-refractivity contribution is 0.238. The number of rotatable bonds is 13. The molecule has 1 saturated heterocycles. The lowest BCUT2D eigenvalue weighted by Crippen LogP contribution is -2.32. The number of phenols is 3. The highest BCUT2D eigenvalue weighted by Gasteiger charge is 2.23. The fourth-order valence-electron chi connectivity index (χ4n) is 4.82. The van der Waals surface area contributed by atoms with E-state index in [1.165, 1.54) is 50.8 Å². The number of hydrogen-bond acceptors (Lipinski definition) is 5. The molecular weight excluding hydrogens is 400 g/mol. The largest absolute Gasteiger partial charge is 0.508 e. The highest BCUT2D eigenvalue weighted by atomic mass is 16.3. The number of nitrogens with zero attached hydrogens (tertiary/aromatic N) is 2. The topological polar surface area (TPSA) is 67.2 Å². The van der Waals surface area contributed by atoms with Gasteiger partial charge in [0.1, 0.15) is 5.75 Å². The molecule has 5 heteroatoms. The zero-order chi connectivity index (χ0) is 22.8. The fourth-order valence-corrected chi connectivity index (χ4v) is 4.82. The predicted molar refractivity (Wildman–Crippen MR) is 130 cm³/mol. The Bertz CT molecular complexity index is 809. The zero-order valence-corrected chi connectivity index (χ0v) is 19.5. The van der Waals surface area contributed by atoms with Gasteiger partial charge in [-0.2, -0.15) is 0 Å². The highest BCUT2D eigenvalue weighted by molar-refractivity contribution is 5.40. The van der Waals surface area contributed by atoms with Crippen molar-refractivity contribution in [3.05, 3.63) is 53.6 Å². The third-order valence-corrected chi connectivity index (χ3v) is 6.62. The van der Waals surface area contributed by atoms with Gasteiger partial charge in [0.15, 0.2) is 11.5 Å². The Morgan fingerprint density at radius 3 is 2.41 bits per heavy atom. The predicted octanol–water partition coefficient (Wildman–Crippen LogP) is 4.94. The molecule has 3 rings (SSSR count). The Balaban J connectivity index is 1.35. The van der Waals surface area contributed by atoms with Crippen LogP contribution in [-0.2, 0) is 12.8 Å². The van der Waals surface area contributed by atoms with Gasteiger partial charge in [0.2, 0.25) is 0 Å². The number of benzene rings is 2. The van der Waals surface area contributed by atoms with Crippen LogP contribution in [0.5, 0.6) is 17.2 Å². The van der Waals surface area contributed by atoms with E-state index in [0.717, 1.165) is 44.5 Å². The van der Waals surface area contributed by atoms with Gasteiger partial charge in [-0.15, -0.1) is 0 Å². The summed E-state index contributed by atoms with van der Waals surface area (Å²) in [4.78, 5) is 5.18. The minimum absolute atomic E-state index is 0.0323. The van der Waals surface area contributed by atoms with Crippen molar-refractivity contribution in [1.29, 1.82) is 0 Å². The van der Waals surface area contributed by atoms with Crippen LogP contribution in [0.25, 0.3) is 0 Å². The van der Waals surface area contributed by atoms with E-state index in [1.807, 2.05) is 18.2 Å². The summed E-state index contributed by atoms with van der Waals surface area (Å²) in [5.41, 5.74) is 2.38. The van der Waals surface area contributed by atoms with Crippen molar-refractivity contribution >= 4 is 0 Å². The molecule has 1 fully saturated rings. The molecule has 0 radical (unpaired) electrons. The summed E-state index contributed by atoms with van der Waals surface area (Å²) in [6.07, 6.45) is 9.40. The van der Waals surface area contributed by atoms with Crippen molar-refractivity contribution in [2.24, 2.45) is 0 Å². The van der Waals surface area contributed by atoms with Gasteiger partial charge in [-0.3, -0.25) is 0 Å². The Kier molecular flexibility index (Phi) is 9.69. The Labute approximate surface area is 193 Å². The van der Waals surface area contributed by atoms with E-state index in [1.54, 1.807) is 24.3 Å². The lowest BCUT2D eigenvalue weighted by Gasteiger charge is -2.25. The molecule has 1 aliphatic heterocycles. The van der Waals surface area contributed by atoms with E-state index in [-0.39, 0.29) is 11.5 Å². The van der Waals surface area contributed by atoms with E-state index in [9.17, 15) is 15.3 Å². The van der Waals surface area contributed by atoms with Crippen molar-refractivity contribution in [2.75, 3.05) is 32.7 Å². The summed E-state index contributed by atoms with van der Waals surface area (Å²) in [5.74, 6) is 0.257. The molecular formula is C27H40N2O3. The smallest absolute Gasteiger partial charge is 0.157 e. The van der Waals surface area contributed by atoms with Gasteiger partial charge in [0.25, 0.3) is 0 Å². The molecule has 176 valence electrons. The second kappa shape index (κ2) is 12.7. The quantitative estimate of drug-likeness (QED) is 0.304. The summed E-state index contributed by atoms with van der Waals surface area (Å²) in [5, 5.41) is 28.7. The number of aromatic hydroxyl groups is 3. The van der Waals surface area contributed by atoms with Crippen LogP contribution in [0.2, 0.25) is 0 Å². The number of unbranched alkanes of at least 4 members (excludes halogenated alkanes) is 2. The molecule has 1 unspecified atom stereocenters. The van der Waals surface area contributed by atoms with Crippen LogP contribution in [-0.4, -0.2) is 63.9 Å².